The predicted molar refractivity (Wildman–Crippen MR) is 47.3 cm³/mol. The largest absolute Gasteiger partial charge is 0.478 e. The fourth-order valence-corrected chi connectivity index (χ4v) is 0.742. The molecule has 0 aliphatic carbocycles. The maximum Gasteiger partial charge on any atom is 0.331 e. The van der Waals surface area contributed by atoms with E-state index in [1.807, 2.05) is 0 Å². The smallest absolute Gasteiger partial charge is 0.331 e. The van der Waals surface area contributed by atoms with Gasteiger partial charge in [0, 0.05) is 17.1 Å². The zero-order chi connectivity index (χ0) is 10.6. The molecule has 0 saturated carbocycles. The van der Waals surface area contributed by atoms with Crippen LogP contribution in [0.2, 0.25) is 0 Å². The van der Waals surface area contributed by atoms with Crippen LogP contribution in [0.4, 0.5) is 0 Å². The van der Waals surface area contributed by atoms with Crippen molar-refractivity contribution in [2.75, 3.05) is 0 Å². The first-order chi connectivity index (χ1) is 5.86. The lowest BCUT2D eigenvalue weighted by atomic mass is 10.0. The van der Waals surface area contributed by atoms with Crippen LogP contribution in [-0.2, 0) is 9.59 Å². The van der Waals surface area contributed by atoms with Gasteiger partial charge in [0.05, 0.1) is 0 Å². The average Bonchev–Trinajstić information content (AvgIpc) is 2.02. The molecule has 0 spiro atoms. The first-order valence-corrected chi connectivity index (χ1v) is 3.70. The predicted octanol–water partition coefficient (Wildman–Crippen LogP) is 1.29. The molecule has 0 aromatic carbocycles. The molecular formula is C9H12O4. The van der Waals surface area contributed by atoms with Crippen molar-refractivity contribution in [2.45, 2.75) is 13.8 Å². The summed E-state index contributed by atoms with van der Waals surface area (Å²) in [6.45, 7) is 6.33. The minimum absolute atomic E-state index is 0.0133. The van der Waals surface area contributed by atoms with Gasteiger partial charge in [-0.3, -0.25) is 0 Å². The maximum absolute atomic E-state index is 10.4. The molecule has 0 aliphatic heterocycles. The summed E-state index contributed by atoms with van der Waals surface area (Å²) in [7, 11) is 0. The highest BCUT2D eigenvalue weighted by molar-refractivity contribution is 5.88. The first-order valence-electron chi connectivity index (χ1n) is 3.70. The van der Waals surface area contributed by atoms with Crippen LogP contribution in [0.3, 0.4) is 0 Å². The van der Waals surface area contributed by atoms with Gasteiger partial charge in [0.15, 0.2) is 0 Å². The molecule has 0 radical (unpaired) electrons. The molecule has 0 aliphatic rings. The van der Waals surface area contributed by atoms with E-state index in [0.29, 0.717) is 0 Å². The Hall–Kier alpha value is -1.58. The molecule has 0 saturated heterocycles. The number of carboxylic acid groups (broad SMARTS) is 2. The molecule has 0 aromatic heterocycles. The summed E-state index contributed by atoms with van der Waals surface area (Å²) in [4.78, 5) is 20.8. The Morgan fingerprint density at radius 2 is 1.77 bits per heavy atom. The second-order valence-corrected chi connectivity index (χ2v) is 2.77. The maximum atomic E-state index is 10.4. The van der Waals surface area contributed by atoms with E-state index < -0.39 is 17.9 Å². The van der Waals surface area contributed by atoms with Gasteiger partial charge in [-0.25, -0.2) is 9.59 Å². The van der Waals surface area contributed by atoms with Crippen LogP contribution in [0.1, 0.15) is 13.8 Å². The van der Waals surface area contributed by atoms with E-state index in [9.17, 15) is 9.59 Å². The lowest BCUT2D eigenvalue weighted by molar-refractivity contribution is -0.134. The van der Waals surface area contributed by atoms with Crippen LogP contribution in [-0.4, -0.2) is 22.2 Å². The van der Waals surface area contributed by atoms with E-state index in [1.165, 1.54) is 13.0 Å². The third-order valence-corrected chi connectivity index (χ3v) is 1.66. The van der Waals surface area contributed by atoms with Crippen LogP contribution in [0.15, 0.2) is 23.8 Å². The Kier molecular flexibility index (Phi) is 3.91. The van der Waals surface area contributed by atoms with Crippen molar-refractivity contribution in [2.24, 2.45) is 5.92 Å². The van der Waals surface area contributed by atoms with Gasteiger partial charge >= 0.3 is 11.9 Å². The highest BCUT2D eigenvalue weighted by Crippen LogP contribution is 2.12. The van der Waals surface area contributed by atoms with Crippen molar-refractivity contribution in [3.05, 3.63) is 23.8 Å². The Morgan fingerprint density at radius 3 is 2.08 bits per heavy atom. The zero-order valence-corrected chi connectivity index (χ0v) is 7.57. The number of carboxylic acids is 2. The summed E-state index contributed by atoms with van der Waals surface area (Å²) in [5, 5.41) is 17.0. The van der Waals surface area contributed by atoms with E-state index in [0.717, 1.165) is 0 Å². The topological polar surface area (TPSA) is 74.6 Å². The van der Waals surface area contributed by atoms with Gasteiger partial charge in [-0.2, -0.15) is 0 Å². The molecule has 0 fully saturated rings. The number of hydrogen-bond donors (Lipinski definition) is 2. The van der Waals surface area contributed by atoms with Crippen molar-refractivity contribution in [3.63, 3.8) is 0 Å². The van der Waals surface area contributed by atoms with Crippen molar-refractivity contribution in [1.82, 2.24) is 0 Å². The number of allylic oxidation sites excluding steroid dienone is 1. The molecule has 0 amide bonds. The van der Waals surface area contributed by atoms with Crippen molar-refractivity contribution < 1.29 is 19.8 Å². The highest BCUT2D eigenvalue weighted by atomic mass is 16.4. The summed E-state index contributed by atoms with van der Waals surface area (Å²) < 4.78 is 0. The lowest BCUT2D eigenvalue weighted by Crippen LogP contribution is -2.08. The van der Waals surface area contributed by atoms with Gasteiger partial charge in [-0.1, -0.05) is 19.6 Å². The normalized spacial score (nSPS) is 13.5. The molecule has 4 nitrogen and oxygen atoms in total. The van der Waals surface area contributed by atoms with Gasteiger partial charge in [0.25, 0.3) is 0 Å². The molecule has 13 heavy (non-hydrogen) atoms. The van der Waals surface area contributed by atoms with Gasteiger partial charge in [0.1, 0.15) is 0 Å². The van der Waals surface area contributed by atoms with Crippen molar-refractivity contribution in [3.8, 4) is 0 Å². The first kappa shape index (κ1) is 11.4. The van der Waals surface area contributed by atoms with Crippen LogP contribution < -0.4 is 0 Å². The summed E-state index contributed by atoms with van der Waals surface area (Å²) >= 11 is 0. The number of hydrogen-bond acceptors (Lipinski definition) is 2. The minimum Gasteiger partial charge on any atom is -0.478 e. The molecular weight excluding hydrogens is 172 g/mol. The van der Waals surface area contributed by atoms with Gasteiger partial charge in [-0.05, 0) is 6.92 Å². The molecule has 0 rings (SSSR count). The summed E-state index contributed by atoms with van der Waals surface area (Å²) in [6, 6.07) is 0. The second-order valence-electron chi connectivity index (χ2n) is 2.77. The Morgan fingerprint density at radius 1 is 1.31 bits per heavy atom. The standard InChI is InChI=1S/C9H12O4/c1-5(7(3)9(12)13)4-6(2)8(10)11/h4-5H,3H2,1-2H3,(H,10,11)(H,12,13). The van der Waals surface area contributed by atoms with E-state index in [-0.39, 0.29) is 11.1 Å². The van der Waals surface area contributed by atoms with Crippen LogP contribution >= 0.6 is 0 Å². The molecule has 2 N–H and O–H groups in total. The van der Waals surface area contributed by atoms with Crippen LogP contribution in [0.25, 0.3) is 0 Å². The third kappa shape index (κ3) is 3.55. The van der Waals surface area contributed by atoms with Crippen LogP contribution in [0.5, 0.6) is 0 Å². The number of rotatable bonds is 4. The van der Waals surface area contributed by atoms with Crippen LogP contribution in [0, 0.1) is 5.92 Å². The van der Waals surface area contributed by atoms with Crippen molar-refractivity contribution in [1.29, 1.82) is 0 Å². The molecule has 0 bridgehead atoms. The summed E-state index contributed by atoms with van der Waals surface area (Å²) in [5.41, 5.74) is 0.107. The Bertz CT molecular complexity index is 275. The molecule has 72 valence electrons. The fraction of sp³-hybridized carbons (Fsp3) is 0.333. The van der Waals surface area contributed by atoms with E-state index >= 15 is 0 Å². The highest BCUT2D eigenvalue weighted by Gasteiger charge is 2.12. The molecule has 0 aromatic rings. The lowest BCUT2D eigenvalue weighted by Gasteiger charge is -2.05. The second kappa shape index (κ2) is 4.45. The van der Waals surface area contributed by atoms with E-state index in [1.54, 1.807) is 6.92 Å². The van der Waals surface area contributed by atoms with E-state index in [4.69, 9.17) is 10.2 Å². The molecule has 1 atom stereocenters. The van der Waals surface area contributed by atoms with Crippen molar-refractivity contribution >= 4 is 11.9 Å². The third-order valence-electron chi connectivity index (χ3n) is 1.66. The van der Waals surface area contributed by atoms with Gasteiger partial charge < -0.3 is 10.2 Å². The molecule has 4 heteroatoms. The zero-order valence-electron chi connectivity index (χ0n) is 7.57. The Labute approximate surface area is 76.2 Å². The molecule has 0 heterocycles. The SMILES string of the molecule is C=C(C(=O)O)C(C)C=C(C)C(=O)O. The summed E-state index contributed by atoms with van der Waals surface area (Å²) in [6.07, 6.45) is 1.36. The number of carbonyl (C=O) groups is 2. The van der Waals surface area contributed by atoms with Gasteiger partial charge in [0.2, 0.25) is 0 Å². The quantitative estimate of drug-likeness (QED) is 0.645. The Balaban J connectivity index is 4.55. The minimum atomic E-state index is -1.11. The van der Waals surface area contributed by atoms with E-state index in [2.05, 4.69) is 6.58 Å². The number of aliphatic carboxylic acids is 2. The average molecular weight is 184 g/mol. The fourth-order valence-electron chi connectivity index (χ4n) is 0.742. The summed E-state index contributed by atoms with van der Waals surface area (Å²) in [5.74, 6) is -2.62. The molecule has 1 unspecified atom stereocenters. The monoisotopic (exact) mass is 184 g/mol. The van der Waals surface area contributed by atoms with Gasteiger partial charge in [-0.15, -0.1) is 0 Å².